The van der Waals surface area contributed by atoms with Crippen molar-refractivity contribution in [2.24, 2.45) is 14.1 Å². The third-order valence-corrected chi connectivity index (χ3v) is 2.20. The number of aryl methyl sites for hydroxylation is 2. The SMILES string of the molecule is Cn1c(=O)n(C)c2[nH+]c(N)ccc21. The van der Waals surface area contributed by atoms with Gasteiger partial charge in [-0.2, -0.15) is 0 Å². The Kier molecular flexibility index (Phi) is 1.42. The fourth-order valence-electron chi connectivity index (χ4n) is 1.44. The van der Waals surface area contributed by atoms with Gasteiger partial charge in [-0.15, -0.1) is 0 Å². The third kappa shape index (κ3) is 0.932. The van der Waals surface area contributed by atoms with Crippen molar-refractivity contribution >= 4 is 17.0 Å². The molecule has 3 N–H and O–H groups in total. The highest BCUT2D eigenvalue weighted by atomic mass is 16.1. The molecule has 0 spiro atoms. The molecule has 5 nitrogen and oxygen atoms in total. The second kappa shape index (κ2) is 2.35. The molecule has 0 amide bonds. The van der Waals surface area contributed by atoms with Crippen molar-refractivity contribution in [3.8, 4) is 0 Å². The first kappa shape index (κ1) is 7.85. The van der Waals surface area contributed by atoms with Gasteiger partial charge in [0.1, 0.15) is 5.52 Å². The molecule has 0 aromatic carbocycles. The molecule has 0 aliphatic rings. The molecule has 2 rings (SSSR count). The molecule has 2 heterocycles. The molecule has 2 aromatic rings. The van der Waals surface area contributed by atoms with E-state index in [1.807, 2.05) is 6.07 Å². The maximum atomic E-state index is 11.5. The minimum Gasteiger partial charge on any atom is -0.319 e. The number of rotatable bonds is 0. The molecule has 68 valence electrons. The topological polar surface area (TPSA) is 67.1 Å². The number of aromatic amines is 1. The van der Waals surface area contributed by atoms with Crippen molar-refractivity contribution in [2.45, 2.75) is 0 Å². The Balaban J connectivity index is 3.04. The van der Waals surface area contributed by atoms with E-state index < -0.39 is 0 Å². The van der Waals surface area contributed by atoms with Gasteiger partial charge < -0.3 is 5.73 Å². The van der Waals surface area contributed by atoms with Gasteiger partial charge in [0, 0.05) is 13.1 Å². The number of nitrogen functional groups attached to an aromatic ring is 1. The maximum absolute atomic E-state index is 11.5. The summed E-state index contributed by atoms with van der Waals surface area (Å²) in [5, 5.41) is 0. The van der Waals surface area contributed by atoms with Crippen molar-refractivity contribution in [3.63, 3.8) is 0 Å². The van der Waals surface area contributed by atoms with Gasteiger partial charge in [0.05, 0.1) is 7.05 Å². The van der Waals surface area contributed by atoms with E-state index in [4.69, 9.17) is 5.73 Å². The largest absolute Gasteiger partial charge is 0.386 e. The van der Waals surface area contributed by atoms with Crippen LogP contribution in [0.3, 0.4) is 0 Å². The highest BCUT2D eigenvalue weighted by Gasteiger charge is 2.12. The lowest BCUT2D eigenvalue weighted by atomic mass is 10.4. The molecule has 0 aliphatic heterocycles. The van der Waals surface area contributed by atoms with E-state index in [1.165, 1.54) is 4.57 Å². The highest BCUT2D eigenvalue weighted by molar-refractivity contribution is 5.68. The fraction of sp³-hybridized carbons (Fsp3) is 0.250. The van der Waals surface area contributed by atoms with Gasteiger partial charge in [-0.1, -0.05) is 0 Å². The standard InChI is InChI=1S/C8H10N4O/c1-11-5-3-4-6(9)10-7(5)12(2)8(11)13/h3-4H,1-2H3,(H2,9,10)/p+1. The van der Waals surface area contributed by atoms with Crippen LogP contribution in [0.15, 0.2) is 16.9 Å². The zero-order valence-corrected chi connectivity index (χ0v) is 7.53. The predicted octanol–water partition coefficient (Wildman–Crippen LogP) is -0.727. The van der Waals surface area contributed by atoms with Crippen molar-refractivity contribution < 1.29 is 4.98 Å². The van der Waals surface area contributed by atoms with Crippen LogP contribution >= 0.6 is 0 Å². The molecule has 0 unspecified atom stereocenters. The summed E-state index contributed by atoms with van der Waals surface area (Å²) in [6.45, 7) is 0. The van der Waals surface area contributed by atoms with Gasteiger partial charge in [0.2, 0.25) is 5.82 Å². The molecule has 0 atom stereocenters. The predicted molar refractivity (Wildman–Crippen MR) is 49.1 cm³/mol. The third-order valence-electron chi connectivity index (χ3n) is 2.20. The second-order valence-electron chi connectivity index (χ2n) is 3.05. The zero-order valence-electron chi connectivity index (χ0n) is 7.53. The van der Waals surface area contributed by atoms with Gasteiger partial charge in [0.25, 0.3) is 5.65 Å². The molecule has 13 heavy (non-hydrogen) atoms. The monoisotopic (exact) mass is 179 g/mol. The molecular formula is C8H11N4O+. The Morgan fingerprint density at radius 3 is 2.69 bits per heavy atom. The smallest absolute Gasteiger partial charge is 0.319 e. The van der Waals surface area contributed by atoms with Crippen molar-refractivity contribution in [1.29, 1.82) is 0 Å². The average Bonchev–Trinajstić information content (AvgIpc) is 2.32. The first-order valence-corrected chi connectivity index (χ1v) is 3.94. The van der Waals surface area contributed by atoms with Gasteiger partial charge >= 0.3 is 5.69 Å². The summed E-state index contributed by atoms with van der Waals surface area (Å²) >= 11 is 0. The Morgan fingerprint density at radius 2 is 2.00 bits per heavy atom. The lowest BCUT2D eigenvalue weighted by Gasteiger charge is -1.90. The molecule has 0 aliphatic carbocycles. The number of pyridine rings is 1. The van der Waals surface area contributed by atoms with Gasteiger partial charge in [-0.05, 0) is 6.07 Å². The number of H-pyrrole nitrogens is 1. The van der Waals surface area contributed by atoms with Crippen LogP contribution in [-0.4, -0.2) is 9.13 Å². The number of aromatic nitrogens is 3. The molecule has 0 fully saturated rings. The summed E-state index contributed by atoms with van der Waals surface area (Å²) < 4.78 is 3.11. The minimum absolute atomic E-state index is 0.0585. The van der Waals surface area contributed by atoms with Crippen LogP contribution in [0, 0.1) is 0 Å². The van der Waals surface area contributed by atoms with E-state index in [9.17, 15) is 4.79 Å². The summed E-state index contributed by atoms with van der Waals surface area (Å²) in [6, 6.07) is 3.56. The number of fused-ring (bicyclic) bond motifs is 1. The number of anilines is 1. The van der Waals surface area contributed by atoms with Crippen LogP contribution in [0.1, 0.15) is 0 Å². The minimum atomic E-state index is -0.0585. The summed E-state index contributed by atoms with van der Waals surface area (Å²) in [5.41, 5.74) is 7.11. The molecule has 5 heteroatoms. The zero-order chi connectivity index (χ0) is 9.59. The van der Waals surface area contributed by atoms with Crippen LogP contribution in [0.4, 0.5) is 5.82 Å². The maximum Gasteiger partial charge on any atom is 0.386 e. The Morgan fingerprint density at radius 1 is 1.31 bits per heavy atom. The average molecular weight is 179 g/mol. The van der Waals surface area contributed by atoms with E-state index >= 15 is 0 Å². The number of imidazole rings is 1. The first-order chi connectivity index (χ1) is 6.11. The number of hydrogen-bond acceptors (Lipinski definition) is 2. The van der Waals surface area contributed by atoms with E-state index in [1.54, 1.807) is 24.7 Å². The molecule has 0 saturated carbocycles. The van der Waals surface area contributed by atoms with Crippen LogP contribution < -0.4 is 16.4 Å². The summed E-state index contributed by atoms with van der Waals surface area (Å²) in [5.74, 6) is 0.550. The molecular weight excluding hydrogens is 168 g/mol. The quantitative estimate of drug-likeness (QED) is 0.579. The summed E-state index contributed by atoms with van der Waals surface area (Å²) in [7, 11) is 3.44. The van der Waals surface area contributed by atoms with E-state index in [0.717, 1.165) is 11.2 Å². The molecule has 0 bridgehead atoms. The number of nitrogens with zero attached hydrogens (tertiary/aromatic N) is 2. The normalized spacial score (nSPS) is 10.9. The van der Waals surface area contributed by atoms with Crippen LogP contribution in [0.2, 0.25) is 0 Å². The van der Waals surface area contributed by atoms with Gasteiger partial charge in [-0.3, -0.25) is 4.57 Å². The van der Waals surface area contributed by atoms with Crippen molar-refractivity contribution in [3.05, 3.63) is 22.6 Å². The molecule has 2 aromatic heterocycles. The second-order valence-corrected chi connectivity index (χ2v) is 3.05. The number of nitrogens with two attached hydrogens (primary N) is 1. The lowest BCUT2D eigenvalue weighted by Crippen LogP contribution is -2.21. The van der Waals surface area contributed by atoms with E-state index in [2.05, 4.69) is 4.98 Å². The Labute approximate surface area is 74.4 Å². The van der Waals surface area contributed by atoms with Crippen molar-refractivity contribution in [1.82, 2.24) is 9.13 Å². The summed E-state index contributed by atoms with van der Waals surface area (Å²) in [4.78, 5) is 14.4. The number of hydrogen-bond donors (Lipinski definition) is 1. The highest BCUT2D eigenvalue weighted by Crippen LogP contribution is 2.05. The summed E-state index contributed by atoms with van der Waals surface area (Å²) in [6.07, 6.45) is 0. The number of nitrogens with one attached hydrogen (secondary N) is 1. The van der Waals surface area contributed by atoms with Crippen molar-refractivity contribution in [2.75, 3.05) is 5.73 Å². The van der Waals surface area contributed by atoms with Crippen LogP contribution in [-0.2, 0) is 14.1 Å². The van der Waals surface area contributed by atoms with Crippen LogP contribution in [0.25, 0.3) is 11.2 Å². The Bertz CT molecular complexity index is 523. The first-order valence-electron chi connectivity index (χ1n) is 3.94. The van der Waals surface area contributed by atoms with E-state index in [0.29, 0.717) is 5.82 Å². The molecule has 0 saturated heterocycles. The van der Waals surface area contributed by atoms with E-state index in [-0.39, 0.29) is 5.69 Å². The van der Waals surface area contributed by atoms with Crippen LogP contribution in [0.5, 0.6) is 0 Å². The fourth-order valence-corrected chi connectivity index (χ4v) is 1.44. The Hall–Kier alpha value is -1.78. The van der Waals surface area contributed by atoms with Gasteiger partial charge in [-0.25, -0.2) is 14.3 Å². The van der Waals surface area contributed by atoms with Gasteiger partial charge in [0.15, 0.2) is 0 Å². The molecule has 0 radical (unpaired) electrons. The lowest BCUT2D eigenvalue weighted by molar-refractivity contribution is -0.331.